The van der Waals surface area contributed by atoms with Gasteiger partial charge in [0, 0.05) is 16.1 Å². The molecule has 2 N–H and O–H groups in total. The molecule has 2 aromatic carbocycles. The molecule has 0 bridgehead atoms. The van der Waals surface area contributed by atoms with E-state index in [0.29, 0.717) is 38.4 Å². The molecule has 1 amide bonds. The SMILES string of the molecule is COc1ccc(OC)c(/C=N/NC(=O)c2cc(-c3ccc(Cl)cc3Cl)n[nH]2)c1. The lowest BCUT2D eigenvalue weighted by atomic mass is 10.1. The Morgan fingerprint density at radius 2 is 1.96 bits per heavy atom. The van der Waals surface area contributed by atoms with E-state index in [0.717, 1.165) is 0 Å². The molecule has 0 atom stereocenters. The van der Waals surface area contributed by atoms with Gasteiger partial charge < -0.3 is 9.47 Å². The summed E-state index contributed by atoms with van der Waals surface area (Å²) in [5.74, 6) is 0.786. The molecular weight excluding hydrogens is 403 g/mol. The number of rotatable bonds is 6. The summed E-state index contributed by atoms with van der Waals surface area (Å²) in [5.41, 5.74) is 4.50. The summed E-state index contributed by atoms with van der Waals surface area (Å²) in [6.07, 6.45) is 1.46. The number of nitrogens with zero attached hydrogens (tertiary/aromatic N) is 2. The standard InChI is InChI=1S/C19H16Cl2N4O3/c1-27-13-4-6-18(28-2)11(7-13)10-22-25-19(26)17-9-16(23-24-17)14-5-3-12(20)8-15(14)21/h3-10H,1-2H3,(H,23,24)(H,25,26)/b22-10+. The lowest BCUT2D eigenvalue weighted by Crippen LogP contribution is -2.18. The van der Waals surface area contributed by atoms with Crippen molar-refractivity contribution in [3.8, 4) is 22.8 Å². The highest BCUT2D eigenvalue weighted by atomic mass is 35.5. The minimum atomic E-state index is -0.457. The average Bonchev–Trinajstić information content (AvgIpc) is 3.17. The number of hydrogen-bond donors (Lipinski definition) is 2. The van der Waals surface area contributed by atoms with Crippen molar-refractivity contribution < 1.29 is 14.3 Å². The van der Waals surface area contributed by atoms with E-state index in [1.807, 2.05) is 0 Å². The van der Waals surface area contributed by atoms with Gasteiger partial charge in [0.1, 0.15) is 17.2 Å². The fourth-order valence-corrected chi connectivity index (χ4v) is 2.94. The van der Waals surface area contributed by atoms with E-state index in [4.69, 9.17) is 32.7 Å². The zero-order valence-electron chi connectivity index (χ0n) is 15.0. The van der Waals surface area contributed by atoms with Crippen LogP contribution in [0.25, 0.3) is 11.3 Å². The quantitative estimate of drug-likeness (QED) is 0.464. The third-order valence-electron chi connectivity index (χ3n) is 3.84. The monoisotopic (exact) mass is 418 g/mol. The predicted molar refractivity (Wildman–Crippen MR) is 109 cm³/mol. The summed E-state index contributed by atoms with van der Waals surface area (Å²) in [5, 5.41) is 11.7. The van der Waals surface area contributed by atoms with E-state index < -0.39 is 5.91 Å². The van der Waals surface area contributed by atoms with Gasteiger partial charge in [0.2, 0.25) is 0 Å². The van der Waals surface area contributed by atoms with Gasteiger partial charge in [-0.3, -0.25) is 9.89 Å². The number of amides is 1. The van der Waals surface area contributed by atoms with Crippen LogP contribution >= 0.6 is 23.2 Å². The Bertz CT molecular complexity index is 1030. The number of hydrazone groups is 1. The van der Waals surface area contributed by atoms with Gasteiger partial charge >= 0.3 is 0 Å². The van der Waals surface area contributed by atoms with Crippen LogP contribution in [0.1, 0.15) is 16.1 Å². The van der Waals surface area contributed by atoms with Crippen LogP contribution in [0.5, 0.6) is 11.5 Å². The van der Waals surface area contributed by atoms with Crippen LogP contribution < -0.4 is 14.9 Å². The topological polar surface area (TPSA) is 88.6 Å². The molecule has 28 heavy (non-hydrogen) atoms. The minimum absolute atomic E-state index is 0.232. The lowest BCUT2D eigenvalue weighted by Gasteiger charge is -2.06. The van der Waals surface area contributed by atoms with E-state index in [1.165, 1.54) is 6.21 Å². The molecule has 0 saturated carbocycles. The van der Waals surface area contributed by atoms with Crippen molar-refractivity contribution in [2.24, 2.45) is 5.10 Å². The Kier molecular flexibility index (Phi) is 6.18. The lowest BCUT2D eigenvalue weighted by molar-refractivity contribution is 0.0950. The smallest absolute Gasteiger partial charge is 0.289 e. The molecule has 1 aromatic heterocycles. The van der Waals surface area contributed by atoms with Crippen molar-refractivity contribution in [3.63, 3.8) is 0 Å². The fraction of sp³-hybridized carbons (Fsp3) is 0.105. The number of carbonyl (C=O) groups excluding carboxylic acids is 1. The molecule has 3 rings (SSSR count). The third-order valence-corrected chi connectivity index (χ3v) is 4.38. The Morgan fingerprint density at radius 1 is 1.14 bits per heavy atom. The molecule has 9 heteroatoms. The molecular formula is C19H16Cl2N4O3. The molecule has 0 aliphatic rings. The molecule has 0 fully saturated rings. The minimum Gasteiger partial charge on any atom is -0.497 e. The first-order chi connectivity index (χ1) is 13.5. The molecule has 144 valence electrons. The Hall–Kier alpha value is -3.03. The van der Waals surface area contributed by atoms with Crippen molar-refractivity contribution in [3.05, 3.63) is 63.8 Å². The van der Waals surface area contributed by atoms with Gasteiger partial charge in [-0.25, -0.2) is 5.43 Å². The molecule has 0 aliphatic heterocycles. The number of aromatic nitrogens is 2. The van der Waals surface area contributed by atoms with Gasteiger partial charge in [0.15, 0.2) is 0 Å². The second-order valence-electron chi connectivity index (χ2n) is 5.60. The molecule has 0 spiro atoms. The average molecular weight is 419 g/mol. The van der Waals surface area contributed by atoms with E-state index >= 15 is 0 Å². The first-order valence-corrected chi connectivity index (χ1v) is 8.83. The molecule has 3 aromatic rings. The van der Waals surface area contributed by atoms with Crippen LogP contribution in [-0.2, 0) is 0 Å². The maximum Gasteiger partial charge on any atom is 0.289 e. The maximum atomic E-state index is 12.3. The van der Waals surface area contributed by atoms with E-state index in [2.05, 4.69) is 20.7 Å². The normalized spacial score (nSPS) is 10.9. The summed E-state index contributed by atoms with van der Waals surface area (Å²) in [7, 11) is 3.11. The molecule has 0 radical (unpaired) electrons. The summed E-state index contributed by atoms with van der Waals surface area (Å²) in [6.45, 7) is 0. The van der Waals surface area contributed by atoms with Crippen molar-refractivity contribution in [2.75, 3.05) is 14.2 Å². The number of hydrogen-bond acceptors (Lipinski definition) is 5. The Labute approximate surface area is 171 Å². The summed E-state index contributed by atoms with van der Waals surface area (Å²) in [6, 6.07) is 11.9. The zero-order valence-corrected chi connectivity index (χ0v) is 16.5. The van der Waals surface area contributed by atoms with Crippen LogP contribution in [0.15, 0.2) is 47.6 Å². The zero-order chi connectivity index (χ0) is 20.1. The number of ether oxygens (including phenoxy) is 2. The van der Waals surface area contributed by atoms with Crippen LogP contribution in [0.3, 0.4) is 0 Å². The number of nitrogens with one attached hydrogen (secondary N) is 2. The highest BCUT2D eigenvalue weighted by Crippen LogP contribution is 2.29. The summed E-state index contributed by atoms with van der Waals surface area (Å²) in [4.78, 5) is 12.3. The van der Waals surface area contributed by atoms with Crippen molar-refractivity contribution in [1.82, 2.24) is 15.6 Å². The van der Waals surface area contributed by atoms with Crippen molar-refractivity contribution >= 4 is 35.3 Å². The molecule has 0 saturated heterocycles. The van der Waals surface area contributed by atoms with Crippen LogP contribution in [0.2, 0.25) is 10.0 Å². The molecule has 0 unspecified atom stereocenters. The van der Waals surface area contributed by atoms with E-state index in [1.54, 1.807) is 56.7 Å². The third kappa shape index (κ3) is 4.44. The highest BCUT2D eigenvalue weighted by molar-refractivity contribution is 6.36. The van der Waals surface area contributed by atoms with Gasteiger partial charge in [-0.05, 0) is 42.5 Å². The van der Waals surface area contributed by atoms with Gasteiger partial charge in [0.25, 0.3) is 5.91 Å². The second kappa shape index (κ2) is 8.77. The Morgan fingerprint density at radius 3 is 2.68 bits per heavy atom. The number of aromatic amines is 1. The second-order valence-corrected chi connectivity index (χ2v) is 6.44. The molecule has 7 nitrogen and oxygen atoms in total. The van der Waals surface area contributed by atoms with Gasteiger partial charge in [-0.1, -0.05) is 23.2 Å². The number of methoxy groups -OCH3 is 2. The van der Waals surface area contributed by atoms with Gasteiger partial charge in [0.05, 0.1) is 31.2 Å². The molecule has 0 aliphatic carbocycles. The fourth-order valence-electron chi connectivity index (χ4n) is 2.43. The number of halogens is 2. The maximum absolute atomic E-state index is 12.3. The number of H-pyrrole nitrogens is 1. The summed E-state index contributed by atoms with van der Waals surface area (Å²) < 4.78 is 10.4. The first-order valence-electron chi connectivity index (χ1n) is 8.08. The van der Waals surface area contributed by atoms with E-state index in [9.17, 15) is 4.79 Å². The Balaban J connectivity index is 1.72. The predicted octanol–water partition coefficient (Wildman–Crippen LogP) is 4.16. The largest absolute Gasteiger partial charge is 0.497 e. The van der Waals surface area contributed by atoms with E-state index in [-0.39, 0.29) is 5.69 Å². The van der Waals surface area contributed by atoms with Gasteiger partial charge in [-0.15, -0.1) is 0 Å². The molecule has 1 heterocycles. The van der Waals surface area contributed by atoms with Crippen LogP contribution in [-0.4, -0.2) is 36.5 Å². The van der Waals surface area contributed by atoms with Crippen LogP contribution in [0, 0.1) is 0 Å². The first kappa shape index (κ1) is 19.7. The number of carbonyl (C=O) groups is 1. The van der Waals surface area contributed by atoms with Crippen molar-refractivity contribution in [1.29, 1.82) is 0 Å². The highest BCUT2D eigenvalue weighted by Gasteiger charge is 2.13. The number of benzene rings is 2. The van der Waals surface area contributed by atoms with Crippen molar-refractivity contribution in [2.45, 2.75) is 0 Å². The van der Waals surface area contributed by atoms with Crippen LogP contribution in [0.4, 0.5) is 0 Å². The van der Waals surface area contributed by atoms with Gasteiger partial charge in [-0.2, -0.15) is 10.2 Å². The summed E-state index contributed by atoms with van der Waals surface area (Å²) >= 11 is 12.1.